The lowest BCUT2D eigenvalue weighted by atomic mass is 10.2. The van der Waals surface area contributed by atoms with Crippen LogP contribution in [0, 0.1) is 3.57 Å². The van der Waals surface area contributed by atoms with Gasteiger partial charge in [0.2, 0.25) is 0 Å². The average Bonchev–Trinajstić information content (AvgIpc) is 3.14. The van der Waals surface area contributed by atoms with Gasteiger partial charge < -0.3 is 14.8 Å². The summed E-state index contributed by atoms with van der Waals surface area (Å²) in [5.74, 6) is -1.01. The summed E-state index contributed by atoms with van der Waals surface area (Å²) < 4.78 is 7.30. The van der Waals surface area contributed by atoms with Crippen LogP contribution in [0.15, 0.2) is 63.5 Å². The Morgan fingerprint density at radius 2 is 1.79 bits per heavy atom. The zero-order chi connectivity index (χ0) is 20.3. The molecule has 2 aromatic carbocycles. The highest BCUT2D eigenvalue weighted by Crippen LogP contribution is 2.24. The van der Waals surface area contributed by atoms with Crippen molar-refractivity contribution >= 4 is 73.4 Å². The van der Waals surface area contributed by atoms with Gasteiger partial charge in [0.05, 0.1) is 11.3 Å². The van der Waals surface area contributed by atoms with E-state index in [2.05, 4.69) is 26.6 Å². The third kappa shape index (κ3) is 4.97. The van der Waals surface area contributed by atoms with Crippen LogP contribution in [-0.4, -0.2) is 22.1 Å². The molecular weight excluding hydrogens is 559 g/mol. The second kappa shape index (κ2) is 8.84. The van der Waals surface area contributed by atoms with Crippen LogP contribution in [0.4, 0.5) is 5.69 Å². The molecule has 3 rings (SSSR count). The molecule has 0 radical (unpaired) electrons. The van der Waals surface area contributed by atoms with Crippen molar-refractivity contribution in [2.75, 3.05) is 5.32 Å². The summed E-state index contributed by atoms with van der Waals surface area (Å²) in [6, 6.07) is 15.5. The van der Waals surface area contributed by atoms with Crippen molar-refractivity contribution in [3.05, 3.63) is 74.0 Å². The lowest BCUT2D eigenvalue weighted by Gasteiger charge is -2.11. The fourth-order valence-electron chi connectivity index (χ4n) is 2.35. The number of anilines is 1. The molecule has 0 spiro atoms. The molecule has 3 aromatic rings. The number of carbonyl (C=O) groups is 2. The summed E-state index contributed by atoms with van der Waals surface area (Å²) in [5, 5.41) is 14.5. The van der Waals surface area contributed by atoms with Gasteiger partial charge in [-0.05, 0) is 77.3 Å². The van der Waals surface area contributed by atoms with Gasteiger partial charge in [-0.25, -0.2) is 4.79 Å². The van der Waals surface area contributed by atoms with Crippen molar-refractivity contribution in [2.24, 2.45) is 0 Å². The van der Waals surface area contributed by atoms with Crippen molar-refractivity contribution in [1.82, 2.24) is 5.32 Å². The summed E-state index contributed by atoms with van der Waals surface area (Å²) >= 11 is 10.5. The second-order valence-corrected chi connectivity index (χ2v) is 8.14. The van der Waals surface area contributed by atoms with Gasteiger partial charge in [-0.3, -0.25) is 10.1 Å². The van der Waals surface area contributed by atoms with Crippen LogP contribution in [0.3, 0.4) is 0 Å². The molecule has 0 aliphatic heterocycles. The highest BCUT2D eigenvalue weighted by molar-refractivity contribution is 14.1. The molecule has 0 aliphatic carbocycles. The van der Waals surface area contributed by atoms with Crippen molar-refractivity contribution in [3.8, 4) is 11.3 Å². The van der Waals surface area contributed by atoms with Crippen LogP contribution in [0.2, 0.25) is 0 Å². The molecule has 0 unspecified atom stereocenters. The highest BCUT2D eigenvalue weighted by Gasteiger charge is 2.16. The normalized spacial score (nSPS) is 10.4. The van der Waals surface area contributed by atoms with E-state index >= 15 is 0 Å². The third-order valence-corrected chi connectivity index (χ3v) is 5.05. The first-order valence-corrected chi connectivity index (χ1v) is 10.1. The van der Waals surface area contributed by atoms with E-state index in [1.54, 1.807) is 24.3 Å². The summed E-state index contributed by atoms with van der Waals surface area (Å²) in [4.78, 5) is 23.7. The SMILES string of the molecule is O=C(NC(=S)Nc1ccc(I)cc1C(=O)O)c1ccc(-c2ccc(Br)cc2)o1. The van der Waals surface area contributed by atoms with Crippen LogP contribution in [-0.2, 0) is 0 Å². The molecule has 1 heterocycles. The van der Waals surface area contributed by atoms with Gasteiger partial charge in [-0.2, -0.15) is 0 Å². The highest BCUT2D eigenvalue weighted by atomic mass is 127. The van der Waals surface area contributed by atoms with Gasteiger partial charge >= 0.3 is 5.97 Å². The Kier molecular flexibility index (Phi) is 6.47. The number of furan rings is 1. The Bertz CT molecular complexity index is 1070. The molecule has 3 N–H and O–H groups in total. The number of nitrogens with one attached hydrogen (secondary N) is 2. The third-order valence-electron chi connectivity index (χ3n) is 3.65. The molecule has 142 valence electrons. The number of hydrogen-bond acceptors (Lipinski definition) is 4. The summed E-state index contributed by atoms with van der Waals surface area (Å²) in [5.41, 5.74) is 1.17. The second-order valence-electron chi connectivity index (χ2n) is 5.57. The predicted molar refractivity (Wildman–Crippen MR) is 122 cm³/mol. The van der Waals surface area contributed by atoms with Crippen molar-refractivity contribution in [1.29, 1.82) is 0 Å². The van der Waals surface area contributed by atoms with E-state index in [1.807, 2.05) is 46.9 Å². The van der Waals surface area contributed by atoms with E-state index in [1.165, 1.54) is 6.07 Å². The predicted octanol–water partition coefficient (Wildman–Crippen LogP) is 5.14. The molecule has 0 atom stereocenters. The van der Waals surface area contributed by atoms with Crippen LogP contribution in [0.1, 0.15) is 20.9 Å². The number of aromatic carboxylic acids is 1. The Labute approximate surface area is 187 Å². The smallest absolute Gasteiger partial charge is 0.337 e. The number of carbonyl (C=O) groups excluding carboxylic acids is 1. The molecular formula is C19H12BrIN2O4S. The number of carboxylic acids is 1. The number of carboxylic acid groups (broad SMARTS) is 1. The minimum atomic E-state index is -1.10. The van der Waals surface area contributed by atoms with E-state index in [0.717, 1.165) is 13.6 Å². The van der Waals surface area contributed by atoms with Crippen LogP contribution in [0.25, 0.3) is 11.3 Å². The van der Waals surface area contributed by atoms with Crippen LogP contribution < -0.4 is 10.6 Å². The Morgan fingerprint density at radius 1 is 1.07 bits per heavy atom. The molecule has 0 bridgehead atoms. The van der Waals surface area contributed by atoms with E-state index in [0.29, 0.717) is 5.76 Å². The maximum absolute atomic E-state index is 12.4. The number of benzene rings is 2. The average molecular weight is 571 g/mol. The molecule has 1 aromatic heterocycles. The van der Waals surface area contributed by atoms with E-state index in [4.69, 9.17) is 16.6 Å². The van der Waals surface area contributed by atoms with Gasteiger partial charge in [-0.1, -0.05) is 28.1 Å². The van der Waals surface area contributed by atoms with Gasteiger partial charge in [0.25, 0.3) is 5.91 Å². The van der Waals surface area contributed by atoms with E-state index in [9.17, 15) is 14.7 Å². The Hall–Kier alpha value is -2.24. The van der Waals surface area contributed by atoms with Crippen LogP contribution in [0.5, 0.6) is 0 Å². The summed E-state index contributed by atoms with van der Waals surface area (Å²) in [7, 11) is 0. The maximum Gasteiger partial charge on any atom is 0.337 e. The molecule has 28 heavy (non-hydrogen) atoms. The van der Waals surface area contributed by atoms with Crippen LogP contribution >= 0.6 is 50.7 Å². The zero-order valence-corrected chi connectivity index (χ0v) is 18.6. The number of amides is 1. The minimum absolute atomic E-state index is 0.0321. The molecule has 1 amide bonds. The number of hydrogen-bond donors (Lipinski definition) is 3. The summed E-state index contributed by atoms with van der Waals surface area (Å²) in [6.07, 6.45) is 0. The molecule has 0 aliphatic rings. The van der Waals surface area contributed by atoms with Crippen molar-refractivity contribution < 1.29 is 19.1 Å². The van der Waals surface area contributed by atoms with Gasteiger partial charge in [0, 0.05) is 13.6 Å². The first kappa shape index (κ1) is 20.5. The Morgan fingerprint density at radius 3 is 2.46 bits per heavy atom. The molecule has 0 saturated carbocycles. The lowest BCUT2D eigenvalue weighted by Crippen LogP contribution is -2.34. The monoisotopic (exact) mass is 570 g/mol. The summed E-state index contributed by atoms with van der Waals surface area (Å²) in [6.45, 7) is 0. The molecule has 6 nitrogen and oxygen atoms in total. The topological polar surface area (TPSA) is 91.6 Å². The van der Waals surface area contributed by atoms with Gasteiger partial charge in [0.1, 0.15) is 5.76 Å². The first-order valence-electron chi connectivity index (χ1n) is 7.84. The number of thiocarbonyl (C=S) groups is 1. The first-order chi connectivity index (χ1) is 13.3. The minimum Gasteiger partial charge on any atom is -0.478 e. The molecule has 0 saturated heterocycles. The van der Waals surface area contributed by atoms with Crippen molar-refractivity contribution in [2.45, 2.75) is 0 Å². The largest absolute Gasteiger partial charge is 0.478 e. The molecule has 0 fully saturated rings. The Balaban J connectivity index is 1.69. The maximum atomic E-state index is 12.4. The van der Waals surface area contributed by atoms with Gasteiger partial charge in [0.15, 0.2) is 10.9 Å². The fraction of sp³-hybridized carbons (Fsp3) is 0. The van der Waals surface area contributed by atoms with Crippen molar-refractivity contribution in [3.63, 3.8) is 0 Å². The van der Waals surface area contributed by atoms with E-state index < -0.39 is 11.9 Å². The fourth-order valence-corrected chi connectivity index (χ4v) is 3.31. The lowest BCUT2D eigenvalue weighted by molar-refractivity contribution is 0.0697. The number of rotatable bonds is 4. The zero-order valence-electron chi connectivity index (χ0n) is 14.0. The quantitative estimate of drug-likeness (QED) is 0.297. The number of halogens is 2. The van der Waals surface area contributed by atoms with Gasteiger partial charge in [-0.15, -0.1) is 0 Å². The van der Waals surface area contributed by atoms with E-state index in [-0.39, 0.29) is 22.1 Å². The molecule has 9 heteroatoms. The standard InChI is InChI=1S/C19H12BrIN2O4S/c20-11-3-1-10(2-4-11)15-7-8-16(27-15)17(24)23-19(28)22-14-6-5-12(21)9-13(14)18(25)26/h1-9H,(H,25,26)(H2,22,23,24,28).